The van der Waals surface area contributed by atoms with Crippen LogP contribution >= 0.6 is 11.3 Å². The molecule has 0 fully saturated rings. The molecule has 1 heterocycles. The number of carbonyl (C=O) groups excluding carboxylic acids is 2. The second-order valence-electron chi connectivity index (χ2n) is 6.13. The lowest BCUT2D eigenvalue weighted by Gasteiger charge is -2.08. The van der Waals surface area contributed by atoms with Crippen molar-refractivity contribution in [1.82, 2.24) is 4.98 Å². The molecule has 0 saturated carbocycles. The predicted octanol–water partition coefficient (Wildman–Crippen LogP) is 4.45. The third kappa shape index (κ3) is 4.98. The van der Waals surface area contributed by atoms with Gasteiger partial charge in [-0.25, -0.2) is 18.6 Å². The number of methoxy groups -OCH3 is 1. The third-order valence-corrected chi connectivity index (χ3v) is 4.98. The maximum atomic E-state index is 14.0. The summed E-state index contributed by atoms with van der Waals surface area (Å²) in [6, 6.07) is 8.84. The van der Waals surface area contributed by atoms with Crippen molar-refractivity contribution in [3.05, 3.63) is 64.7 Å². The van der Waals surface area contributed by atoms with Crippen LogP contribution in [0.5, 0.6) is 5.75 Å². The Balaban J connectivity index is 1.69. The molecule has 30 heavy (non-hydrogen) atoms. The van der Waals surface area contributed by atoms with Gasteiger partial charge < -0.3 is 14.8 Å². The van der Waals surface area contributed by atoms with Crippen LogP contribution in [0, 0.1) is 11.6 Å². The Morgan fingerprint density at radius 1 is 1.13 bits per heavy atom. The van der Waals surface area contributed by atoms with Gasteiger partial charge in [-0.3, -0.25) is 4.79 Å². The molecule has 3 rings (SSSR count). The summed E-state index contributed by atoms with van der Waals surface area (Å²) in [7, 11) is 1.08. The van der Waals surface area contributed by atoms with E-state index in [4.69, 9.17) is 4.74 Å². The fraction of sp³-hybridized carbons (Fsp3) is 0.190. The lowest BCUT2D eigenvalue weighted by Crippen LogP contribution is -2.17. The molecule has 0 atom stereocenters. The van der Waals surface area contributed by atoms with Crippen LogP contribution in [-0.2, 0) is 16.0 Å². The van der Waals surface area contributed by atoms with E-state index in [0.717, 1.165) is 29.5 Å². The van der Waals surface area contributed by atoms with Crippen molar-refractivity contribution in [1.29, 1.82) is 0 Å². The molecule has 2 aromatic carbocycles. The summed E-state index contributed by atoms with van der Waals surface area (Å²) in [6.45, 7) is 2.48. The molecule has 0 aliphatic rings. The minimum atomic E-state index is -1.07. The van der Waals surface area contributed by atoms with Crippen molar-refractivity contribution in [2.45, 2.75) is 13.3 Å². The zero-order chi connectivity index (χ0) is 21.7. The van der Waals surface area contributed by atoms with E-state index in [1.54, 1.807) is 5.38 Å². The first-order chi connectivity index (χ1) is 14.4. The van der Waals surface area contributed by atoms with E-state index in [-0.39, 0.29) is 12.1 Å². The zero-order valence-corrected chi connectivity index (χ0v) is 17.0. The fourth-order valence-corrected chi connectivity index (χ4v) is 3.48. The number of ether oxygens (including phenoxy) is 2. The summed E-state index contributed by atoms with van der Waals surface area (Å²) in [6.07, 6.45) is -0.113. The van der Waals surface area contributed by atoms with E-state index in [2.05, 4.69) is 15.0 Å². The van der Waals surface area contributed by atoms with Crippen LogP contribution in [-0.4, -0.2) is 30.6 Å². The SMILES string of the molecule is CCOc1ccc(-c2nc(CC(=O)Nc3cc(C(=O)OC)c(F)cc3F)cs2)cc1. The molecular weight excluding hydrogens is 414 g/mol. The number of hydrogen-bond acceptors (Lipinski definition) is 6. The molecule has 0 saturated heterocycles. The second kappa shape index (κ2) is 9.45. The number of aromatic nitrogens is 1. The Hall–Kier alpha value is -3.33. The Kier molecular flexibility index (Phi) is 6.73. The van der Waals surface area contributed by atoms with Crippen LogP contribution in [0.2, 0.25) is 0 Å². The van der Waals surface area contributed by atoms with E-state index in [0.29, 0.717) is 18.4 Å². The monoisotopic (exact) mass is 432 g/mol. The molecule has 0 radical (unpaired) electrons. The smallest absolute Gasteiger partial charge is 0.340 e. The lowest BCUT2D eigenvalue weighted by atomic mass is 10.1. The molecule has 1 amide bonds. The Labute approximate surface area is 175 Å². The number of amides is 1. The van der Waals surface area contributed by atoms with E-state index < -0.39 is 29.1 Å². The largest absolute Gasteiger partial charge is 0.494 e. The number of thiazole rings is 1. The highest BCUT2D eigenvalue weighted by atomic mass is 32.1. The topological polar surface area (TPSA) is 77.5 Å². The summed E-state index contributed by atoms with van der Waals surface area (Å²) >= 11 is 1.37. The highest BCUT2D eigenvalue weighted by Gasteiger charge is 2.18. The quantitative estimate of drug-likeness (QED) is 0.558. The Morgan fingerprint density at radius 3 is 2.53 bits per heavy atom. The van der Waals surface area contributed by atoms with Gasteiger partial charge >= 0.3 is 5.97 Å². The van der Waals surface area contributed by atoms with Gasteiger partial charge in [0.2, 0.25) is 5.91 Å². The van der Waals surface area contributed by atoms with Crippen molar-refractivity contribution < 1.29 is 27.8 Å². The molecule has 6 nitrogen and oxygen atoms in total. The Morgan fingerprint density at radius 2 is 1.87 bits per heavy atom. The first kappa shape index (κ1) is 21.4. The highest BCUT2D eigenvalue weighted by Crippen LogP contribution is 2.26. The summed E-state index contributed by atoms with van der Waals surface area (Å²) in [4.78, 5) is 28.3. The number of halogens is 2. The first-order valence-corrected chi connectivity index (χ1v) is 9.84. The van der Waals surface area contributed by atoms with E-state index in [1.807, 2.05) is 31.2 Å². The summed E-state index contributed by atoms with van der Waals surface area (Å²) < 4.78 is 37.5. The minimum Gasteiger partial charge on any atom is -0.494 e. The second-order valence-corrected chi connectivity index (χ2v) is 6.99. The average Bonchev–Trinajstić information content (AvgIpc) is 3.18. The number of nitrogens with one attached hydrogen (secondary N) is 1. The maximum absolute atomic E-state index is 14.0. The van der Waals surface area contributed by atoms with Crippen molar-refractivity contribution in [3.8, 4) is 16.3 Å². The molecule has 3 aromatic rings. The van der Waals surface area contributed by atoms with Crippen molar-refractivity contribution in [2.24, 2.45) is 0 Å². The molecule has 1 N–H and O–H groups in total. The van der Waals surface area contributed by atoms with Crippen molar-refractivity contribution in [3.63, 3.8) is 0 Å². The highest BCUT2D eigenvalue weighted by molar-refractivity contribution is 7.13. The number of rotatable bonds is 7. The van der Waals surface area contributed by atoms with Gasteiger partial charge in [-0.15, -0.1) is 11.3 Å². The van der Waals surface area contributed by atoms with Gasteiger partial charge in [0, 0.05) is 17.0 Å². The van der Waals surface area contributed by atoms with Crippen molar-refractivity contribution in [2.75, 3.05) is 19.0 Å². The molecule has 0 aliphatic heterocycles. The molecule has 9 heteroatoms. The van der Waals surface area contributed by atoms with Gasteiger partial charge in [0.05, 0.1) is 37.1 Å². The normalized spacial score (nSPS) is 10.5. The van der Waals surface area contributed by atoms with Gasteiger partial charge in [-0.2, -0.15) is 0 Å². The number of nitrogens with zero attached hydrogens (tertiary/aromatic N) is 1. The first-order valence-electron chi connectivity index (χ1n) is 8.96. The maximum Gasteiger partial charge on any atom is 0.340 e. The van der Waals surface area contributed by atoms with Crippen LogP contribution in [0.3, 0.4) is 0 Å². The molecule has 0 unspecified atom stereocenters. The van der Waals surface area contributed by atoms with Crippen LogP contribution in [0.25, 0.3) is 10.6 Å². The number of carbonyl (C=O) groups is 2. The number of esters is 1. The molecule has 0 aliphatic carbocycles. The average molecular weight is 432 g/mol. The van der Waals surface area contributed by atoms with Crippen LogP contribution < -0.4 is 10.1 Å². The Bertz CT molecular complexity index is 1070. The number of hydrogen-bond donors (Lipinski definition) is 1. The summed E-state index contributed by atoms with van der Waals surface area (Å²) in [5.74, 6) is -2.84. The van der Waals surface area contributed by atoms with Gasteiger partial charge in [0.25, 0.3) is 0 Å². The molecular formula is C21H18F2N2O4S. The van der Waals surface area contributed by atoms with Gasteiger partial charge in [0.15, 0.2) is 0 Å². The summed E-state index contributed by atoms with van der Waals surface area (Å²) in [5, 5.41) is 4.79. The van der Waals surface area contributed by atoms with Gasteiger partial charge in [-0.1, -0.05) is 0 Å². The zero-order valence-electron chi connectivity index (χ0n) is 16.2. The number of benzene rings is 2. The molecule has 156 valence electrons. The van der Waals surface area contributed by atoms with E-state index >= 15 is 0 Å². The fourth-order valence-electron chi connectivity index (χ4n) is 2.65. The summed E-state index contributed by atoms with van der Waals surface area (Å²) in [5.41, 5.74) is 0.587. The van der Waals surface area contributed by atoms with Gasteiger partial charge in [-0.05, 0) is 37.3 Å². The lowest BCUT2D eigenvalue weighted by molar-refractivity contribution is -0.115. The molecule has 0 bridgehead atoms. The van der Waals surface area contributed by atoms with E-state index in [1.165, 1.54) is 11.3 Å². The third-order valence-electron chi connectivity index (χ3n) is 4.04. The van der Waals surface area contributed by atoms with Crippen LogP contribution in [0.4, 0.5) is 14.5 Å². The standard InChI is InChI=1S/C21H18F2N2O4S/c1-3-29-14-6-4-12(5-7-14)20-24-13(11-30-20)8-19(26)25-18-9-15(21(27)28-2)16(22)10-17(18)23/h4-7,9-11H,3,8H2,1-2H3,(H,25,26). The van der Waals surface area contributed by atoms with Crippen molar-refractivity contribution >= 4 is 28.9 Å². The molecule has 0 spiro atoms. The van der Waals surface area contributed by atoms with Crippen LogP contribution in [0.15, 0.2) is 41.8 Å². The van der Waals surface area contributed by atoms with Crippen LogP contribution in [0.1, 0.15) is 23.0 Å². The van der Waals surface area contributed by atoms with Gasteiger partial charge in [0.1, 0.15) is 22.4 Å². The number of anilines is 1. The van der Waals surface area contributed by atoms with E-state index in [9.17, 15) is 18.4 Å². The minimum absolute atomic E-state index is 0.113. The molecule has 1 aromatic heterocycles. The predicted molar refractivity (Wildman–Crippen MR) is 109 cm³/mol.